The molecule has 0 spiro atoms. The molecule has 0 bridgehead atoms. The number of hydrogen-bond acceptors (Lipinski definition) is 3. The summed E-state index contributed by atoms with van der Waals surface area (Å²) in [4.78, 5) is 10.3. The van der Waals surface area contributed by atoms with Crippen molar-refractivity contribution >= 4 is 12.1 Å². The minimum atomic E-state index is -0.516. The second kappa shape index (κ2) is 5.98. The maximum absolute atomic E-state index is 13.3. The van der Waals surface area contributed by atoms with E-state index >= 15 is 0 Å². The normalized spacial score (nSPS) is 9.73. The largest absolute Gasteiger partial charge is 0.486 e. The molecule has 1 rings (SSSR count). The molecule has 0 heterocycles. The molecule has 5 heteroatoms. The lowest BCUT2D eigenvalue weighted by molar-refractivity contribution is -0.105. The highest BCUT2D eigenvalue weighted by atomic mass is 19.1. The first-order valence-corrected chi connectivity index (χ1v) is 4.40. The van der Waals surface area contributed by atoms with Crippen molar-refractivity contribution in [1.82, 2.24) is 0 Å². The first-order valence-electron chi connectivity index (χ1n) is 4.40. The Bertz CT molecular complexity index is 330. The first kappa shape index (κ1) is 11.5. The summed E-state index contributed by atoms with van der Waals surface area (Å²) in [6, 6.07) is 4.31. The zero-order valence-corrected chi connectivity index (χ0v) is 8.33. The summed E-state index contributed by atoms with van der Waals surface area (Å²) >= 11 is 0. The van der Waals surface area contributed by atoms with Gasteiger partial charge in [0.2, 0.25) is 6.41 Å². The van der Waals surface area contributed by atoms with Gasteiger partial charge in [0.1, 0.15) is 6.61 Å². The van der Waals surface area contributed by atoms with Crippen LogP contribution in [-0.4, -0.2) is 26.7 Å². The van der Waals surface area contributed by atoms with E-state index < -0.39 is 5.82 Å². The molecule has 0 aliphatic carbocycles. The van der Waals surface area contributed by atoms with Gasteiger partial charge in [-0.15, -0.1) is 0 Å². The quantitative estimate of drug-likeness (QED) is 0.574. The van der Waals surface area contributed by atoms with Gasteiger partial charge in [-0.25, -0.2) is 4.39 Å². The highest BCUT2D eigenvalue weighted by Gasteiger charge is 2.08. The Hall–Kier alpha value is -1.62. The number of benzene rings is 1. The number of rotatable bonds is 6. The van der Waals surface area contributed by atoms with Gasteiger partial charge < -0.3 is 14.8 Å². The predicted molar refractivity (Wildman–Crippen MR) is 53.5 cm³/mol. The first-order chi connectivity index (χ1) is 7.29. The number of nitrogens with one attached hydrogen (secondary N) is 1. The van der Waals surface area contributed by atoms with Crippen molar-refractivity contribution in [2.24, 2.45) is 0 Å². The van der Waals surface area contributed by atoms with E-state index in [4.69, 9.17) is 9.47 Å². The molecule has 0 atom stereocenters. The van der Waals surface area contributed by atoms with Crippen molar-refractivity contribution in [3.8, 4) is 5.75 Å². The highest BCUT2D eigenvalue weighted by molar-refractivity contribution is 5.75. The lowest BCUT2D eigenvalue weighted by Gasteiger charge is -2.10. The zero-order valence-electron chi connectivity index (χ0n) is 8.33. The van der Waals surface area contributed by atoms with Crippen LogP contribution in [0.25, 0.3) is 0 Å². The lowest BCUT2D eigenvalue weighted by Crippen LogP contribution is -2.08. The molecular weight excluding hydrogens is 201 g/mol. The van der Waals surface area contributed by atoms with E-state index in [-0.39, 0.29) is 12.4 Å². The Balaban J connectivity index is 2.77. The van der Waals surface area contributed by atoms with Crippen molar-refractivity contribution in [2.45, 2.75) is 0 Å². The second-order valence-electron chi connectivity index (χ2n) is 2.72. The summed E-state index contributed by atoms with van der Waals surface area (Å²) in [5.74, 6) is -0.486. The third-order valence-corrected chi connectivity index (χ3v) is 1.72. The van der Waals surface area contributed by atoms with E-state index in [2.05, 4.69) is 5.32 Å². The van der Waals surface area contributed by atoms with Gasteiger partial charge in [0, 0.05) is 7.11 Å². The standard InChI is InChI=1S/C10H12FNO3/c1-14-5-6-15-10-8(11)3-2-4-9(10)12-7-13/h2-4,7H,5-6H2,1H3,(H,12,13). The van der Waals surface area contributed by atoms with Crippen molar-refractivity contribution in [3.63, 3.8) is 0 Å². The molecule has 15 heavy (non-hydrogen) atoms. The van der Waals surface area contributed by atoms with E-state index in [1.165, 1.54) is 19.2 Å². The minimum Gasteiger partial charge on any atom is -0.486 e. The third-order valence-electron chi connectivity index (χ3n) is 1.72. The molecule has 0 saturated carbocycles. The van der Waals surface area contributed by atoms with Crippen LogP contribution in [0.5, 0.6) is 5.75 Å². The van der Waals surface area contributed by atoms with E-state index in [1.807, 2.05) is 0 Å². The fourth-order valence-electron chi connectivity index (χ4n) is 1.06. The molecule has 1 N–H and O–H groups in total. The van der Waals surface area contributed by atoms with Gasteiger partial charge in [-0.2, -0.15) is 0 Å². The van der Waals surface area contributed by atoms with Crippen LogP contribution in [0, 0.1) is 5.82 Å². The maximum Gasteiger partial charge on any atom is 0.211 e. The van der Waals surface area contributed by atoms with Gasteiger partial charge >= 0.3 is 0 Å². The summed E-state index contributed by atoms with van der Waals surface area (Å²) in [5.41, 5.74) is 0.307. The fourth-order valence-corrected chi connectivity index (χ4v) is 1.06. The van der Waals surface area contributed by atoms with Crippen molar-refractivity contribution in [1.29, 1.82) is 0 Å². The van der Waals surface area contributed by atoms with Crippen molar-refractivity contribution < 1.29 is 18.7 Å². The van der Waals surface area contributed by atoms with E-state index in [0.29, 0.717) is 18.7 Å². The van der Waals surface area contributed by atoms with Gasteiger partial charge in [-0.1, -0.05) is 6.07 Å². The third kappa shape index (κ3) is 3.21. The lowest BCUT2D eigenvalue weighted by atomic mass is 10.3. The van der Waals surface area contributed by atoms with E-state index in [0.717, 1.165) is 0 Å². The Morgan fingerprint density at radius 3 is 2.93 bits per heavy atom. The molecule has 4 nitrogen and oxygen atoms in total. The monoisotopic (exact) mass is 213 g/mol. The number of anilines is 1. The highest BCUT2D eigenvalue weighted by Crippen LogP contribution is 2.27. The SMILES string of the molecule is COCCOc1c(F)cccc1NC=O. The molecular formula is C10H12FNO3. The number of ether oxygens (including phenoxy) is 2. The number of methoxy groups -OCH3 is 1. The molecule has 1 amide bonds. The van der Waals surface area contributed by atoms with Crippen LogP contribution >= 0.6 is 0 Å². The number of para-hydroxylation sites is 1. The number of halogens is 1. The molecule has 0 unspecified atom stereocenters. The summed E-state index contributed by atoms with van der Waals surface area (Å²) in [6.07, 6.45) is 0.470. The number of amides is 1. The zero-order chi connectivity index (χ0) is 11.1. The smallest absolute Gasteiger partial charge is 0.211 e. The van der Waals surface area contributed by atoms with Gasteiger partial charge in [-0.3, -0.25) is 4.79 Å². The van der Waals surface area contributed by atoms with Gasteiger partial charge in [0.25, 0.3) is 0 Å². The van der Waals surface area contributed by atoms with Crippen LogP contribution < -0.4 is 10.1 Å². The predicted octanol–water partition coefficient (Wildman–Crippen LogP) is 1.42. The topological polar surface area (TPSA) is 47.6 Å². The second-order valence-corrected chi connectivity index (χ2v) is 2.72. The van der Waals surface area contributed by atoms with E-state index in [9.17, 15) is 9.18 Å². The summed E-state index contributed by atoms with van der Waals surface area (Å²) < 4.78 is 23.2. The molecule has 0 radical (unpaired) electrons. The molecule has 0 aliphatic heterocycles. The summed E-state index contributed by atoms with van der Waals surface area (Å²) in [5, 5.41) is 2.36. The Labute approximate surface area is 87.0 Å². The van der Waals surface area contributed by atoms with Crippen molar-refractivity contribution in [2.75, 3.05) is 25.6 Å². The Kier molecular flexibility index (Phi) is 4.56. The van der Waals surface area contributed by atoms with Crippen LogP contribution in [0.15, 0.2) is 18.2 Å². The average molecular weight is 213 g/mol. The minimum absolute atomic E-state index is 0.0293. The summed E-state index contributed by atoms with van der Waals surface area (Å²) in [6.45, 7) is 0.583. The van der Waals surface area contributed by atoms with Crippen LogP contribution in [0.3, 0.4) is 0 Å². The fraction of sp³-hybridized carbons (Fsp3) is 0.300. The molecule has 1 aromatic carbocycles. The van der Waals surface area contributed by atoms with Crippen LogP contribution in [0.2, 0.25) is 0 Å². The van der Waals surface area contributed by atoms with Gasteiger partial charge in [0.15, 0.2) is 11.6 Å². The number of carbonyl (C=O) groups excluding carboxylic acids is 1. The van der Waals surface area contributed by atoms with Gasteiger partial charge in [0.05, 0.1) is 12.3 Å². The molecule has 82 valence electrons. The van der Waals surface area contributed by atoms with Crippen LogP contribution in [-0.2, 0) is 9.53 Å². The molecule has 0 saturated heterocycles. The number of hydrogen-bond donors (Lipinski definition) is 1. The average Bonchev–Trinajstić information content (AvgIpc) is 2.23. The summed E-state index contributed by atoms with van der Waals surface area (Å²) in [7, 11) is 1.52. The van der Waals surface area contributed by atoms with Gasteiger partial charge in [-0.05, 0) is 12.1 Å². The Morgan fingerprint density at radius 2 is 2.27 bits per heavy atom. The molecule has 0 aliphatic rings. The number of carbonyl (C=O) groups is 1. The Morgan fingerprint density at radius 1 is 1.47 bits per heavy atom. The maximum atomic E-state index is 13.3. The molecule has 0 fully saturated rings. The van der Waals surface area contributed by atoms with Crippen LogP contribution in [0.4, 0.5) is 10.1 Å². The van der Waals surface area contributed by atoms with Crippen molar-refractivity contribution in [3.05, 3.63) is 24.0 Å². The van der Waals surface area contributed by atoms with E-state index in [1.54, 1.807) is 6.07 Å². The van der Waals surface area contributed by atoms with Crippen LogP contribution in [0.1, 0.15) is 0 Å². The molecule has 0 aromatic heterocycles. The molecule has 1 aromatic rings.